The molecule has 1 aliphatic rings. The molecule has 0 spiro atoms. The van der Waals surface area contributed by atoms with Crippen molar-refractivity contribution < 1.29 is 9.59 Å². The van der Waals surface area contributed by atoms with Crippen LogP contribution in [0.25, 0.3) is 0 Å². The van der Waals surface area contributed by atoms with Crippen LogP contribution >= 0.6 is 12.4 Å². The van der Waals surface area contributed by atoms with Gasteiger partial charge in [-0.15, -0.1) is 12.4 Å². The first-order valence-corrected chi connectivity index (χ1v) is 8.67. The molecular weight excluding hydrogens is 324 g/mol. The van der Waals surface area contributed by atoms with Crippen LogP contribution in [-0.2, 0) is 11.2 Å². The van der Waals surface area contributed by atoms with Crippen molar-refractivity contribution in [2.75, 3.05) is 13.1 Å². The molecule has 0 bridgehead atoms. The van der Waals surface area contributed by atoms with Crippen LogP contribution in [0.1, 0.15) is 55.5 Å². The van der Waals surface area contributed by atoms with Crippen LogP contribution < -0.4 is 10.6 Å². The number of rotatable bonds is 7. The highest BCUT2D eigenvalue weighted by Crippen LogP contribution is 2.12. The maximum Gasteiger partial charge on any atom is 0.220 e. The Morgan fingerprint density at radius 3 is 2.50 bits per heavy atom. The Labute approximate surface area is 151 Å². The molecule has 0 aromatic heterocycles. The Balaban J connectivity index is 0.00000288. The van der Waals surface area contributed by atoms with Crippen molar-refractivity contribution in [1.82, 2.24) is 10.6 Å². The van der Waals surface area contributed by atoms with Gasteiger partial charge in [-0.05, 0) is 37.3 Å². The molecule has 0 radical (unpaired) electrons. The highest BCUT2D eigenvalue weighted by atomic mass is 35.5. The van der Waals surface area contributed by atoms with Crippen molar-refractivity contribution in [3.63, 3.8) is 0 Å². The highest BCUT2D eigenvalue weighted by Gasteiger charge is 2.16. The summed E-state index contributed by atoms with van der Waals surface area (Å²) in [6.45, 7) is 6.22. The normalized spacial score (nSPS) is 17.2. The largest absolute Gasteiger partial charge is 0.352 e. The van der Waals surface area contributed by atoms with Crippen LogP contribution in [0.5, 0.6) is 0 Å². The van der Waals surface area contributed by atoms with Crippen LogP contribution in [0.3, 0.4) is 0 Å². The van der Waals surface area contributed by atoms with Crippen molar-refractivity contribution in [3.8, 4) is 0 Å². The zero-order chi connectivity index (χ0) is 16.7. The second-order valence-electron chi connectivity index (χ2n) is 6.83. The summed E-state index contributed by atoms with van der Waals surface area (Å²) in [6, 6.07) is 8.00. The maximum atomic E-state index is 12.2. The molecule has 1 heterocycles. The molecule has 1 amide bonds. The van der Waals surface area contributed by atoms with Gasteiger partial charge in [0.05, 0.1) is 0 Å². The number of nitrogens with one attached hydrogen (secondary N) is 2. The molecular formula is C19H29ClN2O2. The predicted octanol–water partition coefficient (Wildman–Crippen LogP) is 3.14. The van der Waals surface area contributed by atoms with Gasteiger partial charge in [0, 0.05) is 31.0 Å². The van der Waals surface area contributed by atoms with Gasteiger partial charge in [-0.3, -0.25) is 9.59 Å². The quantitative estimate of drug-likeness (QED) is 0.741. The van der Waals surface area contributed by atoms with Crippen molar-refractivity contribution in [2.45, 2.75) is 52.0 Å². The molecule has 1 aromatic carbocycles. The van der Waals surface area contributed by atoms with Gasteiger partial charge in [-0.25, -0.2) is 0 Å². The van der Waals surface area contributed by atoms with Gasteiger partial charge in [0.2, 0.25) is 5.91 Å². The molecule has 0 saturated carbocycles. The molecule has 4 nitrogen and oxygen atoms in total. The molecule has 1 atom stereocenters. The van der Waals surface area contributed by atoms with Gasteiger partial charge in [0.1, 0.15) is 0 Å². The standard InChI is InChI=1S/C19H28N2O2.ClH/c1-14(2)12-15-5-7-16(8-6-15)18(22)9-10-19(23)21-17-4-3-11-20-13-17;/h5-8,14,17,20H,3-4,9-13H2,1-2H3,(H,21,23);1H. The van der Waals surface area contributed by atoms with Gasteiger partial charge in [-0.1, -0.05) is 38.1 Å². The van der Waals surface area contributed by atoms with Crippen LogP contribution in [0.15, 0.2) is 24.3 Å². The van der Waals surface area contributed by atoms with E-state index in [0.717, 1.165) is 32.4 Å². The first kappa shape index (κ1) is 20.7. The SMILES string of the molecule is CC(C)Cc1ccc(C(=O)CCC(=O)NC2CCCNC2)cc1.Cl. The number of carbonyl (C=O) groups excluding carboxylic acids is 2. The number of hydrogen-bond acceptors (Lipinski definition) is 3. The van der Waals surface area contributed by atoms with Crippen LogP contribution in [0, 0.1) is 5.92 Å². The van der Waals surface area contributed by atoms with Gasteiger partial charge < -0.3 is 10.6 Å². The predicted molar refractivity (Wildman–Crippen MR) is 99.8 cm³/mol. The summed E-state index contributed by atoms with van der Waals surface area (Å²) in [4.78, 5) is 24.1. The number of piperidine rings is 1. The average Bonchev–Trinajstić information content (AvgIpc) is 2.54. The second-order valence-corrected chi connectivity index (χ2v) is 6.83. The van der Waals surface area contributed by atoms with Gasteiger partial charge in [0.15, 0.2) is 5.78 Å². The average molecular weight is 353 g/mol. The minimum atomic E-state index is -0.0246. The molecule has 1 aliphatic heterocycles. The summed E-state index contributed by atoms with van der Waals surface area (Å²) < 4.78 is 0. The number of Topliss-reactive ketones (excluding diaryl/α,β-unsaturated/α-hetero) is 1. The van der Waals surface area contributed by atoms with Gasteiger partial charge >= 0.3 is 0 Å². The van der Waals surface area contributed by atoms with E-state index in [1.807, 2.05) is 24.3 Å². The Bertz CT molecular complexity index is 523. The fourth-order valence-corrected chi connectivity index (χ4v) is 2.94. The molecule has 1 aromatic rings. The van der Waals surface area contributed by atoms with E-state index in [1.165, 1.54) is 5.56 Å². The summed E-state index contributed by atoms with van der Waals surface area (Å²) >= 11 is 0. The Hall–Kier alpha value is -1.39. The minimum absolute atomic E-state index is 0. The lowest BCUT2D eigenvalue weighted by molar-refractivity contribution is -0.121. The smallest absolute Gasteiger partial charge is 0.220 e. The first-order chi connectivity index (χ1) is 11.0. The third-order valence-electron chi connectivity index (χ3n) is 4.16. The Morgan fingerprint density at radius 1 is 1.21 bits per heavy atom. The number of halogens is 1. The van der Waals surface area contributed by atoms with E-state index in [2.05, 4.69) is 24.5 Å². The summed E-state index contributed by atoms with van der Waals surface area (Å²) in [7, 11) is 0. The van der Waals surface area contributed by atoms with Crippen molar-refractivity contribution in [3.05, 3.63) is 35.4 Å². The zero-order valence-corrected chi connectivity index (χ0v) is 15.5. The summed E-state index contributed by atoms with van der Waals surface area (Å²) in [5.74, 6) is 0.621. The molecule has 0 aliphatic carbocycles. The molecule has 134 valence electrons. The zero-order valence-electron chi connectivity index (χ0n) is 14.6. The fraction of sp³-hybridized carbons (Fsp3) is 0.579. The van der Waals surface area contributed by atoms with E-state index in [0.29, 0.717) is 11.5 Å². The van der Waals surface area contributed by atoms with E-state index in [1.54, 1.807) is 0 Å². The fourth-order valence-electron chi connectivity index (χ4n) is 2.94. The maximum absolute atomic E-state index is 12.2. The lowest BCUT2D eigenvalue weighted by atomic mass is 9.99. The third kappa shape index (κ3) is 7.02. The van der Waals surface area contributed by atoms with Crippen LogP contribution in [0.4, 0.5) is 0 Å². The van der Waals surface area contributed by atoms with E-state index in [9.17, 15) is 9.59 Å². The van der Waals surface area contributed by atoms with Gasteiger partial charge in [-0.2, -0.15) is 0 Å². The lowest BCUT2D eigenvalue weighted by Crippen LogP contribution is -2.45. The summed E-state index contributed by atoms with van der Waals surface area (Å²) in [5, 5.41) is 6.27. The number of benzene rings is 1. The molecule has 1 saturated heterocycles. The van der Waals surface area contributed by atoms with Crippen molar-refractivity contribution >= 4 is 24.1 Å². The number of ketones is 1. The summed E-state index contributed by atoms with van der Waals surface area (Å²) in [6.07, 6.45) is 3.67. The minimum Gasteiger partial charge on any atom is -0.352 e. The Morgan fingerprint density at radius 2 is 1.92 bits per heavy atom. The van der Waals surface area contributed by atoms with Crippen LogP contribution in [0.2, 0.25) is 0 Å². The summed E-state index contributed by atoms with van der Waals surface area (Å²) in [5.41, 5.74) is 1.95. The molecule has 2 rings (SSSR count). The van der Waals surface area contributed by atoms with E-state index in [-0.39, 0.29) is 43.0 Å². The number of hydrogen-bond donors (Lipinski definition) is 2. The Kier molecular flexibility index (Phi) is 9.01. The molecule has 1 unspecified atom stereocenters. The molecule has 1 fully saturated rings. The third-order valence-corrected chi connectivity index (χ3v) is 4.16. The van der Waals surface area contributed by atoms with E-state index in [4.69, 9.17) is 0 Å². The lowest BCUT2D eigenvalue weighted by Gasteiger charge is -2.23. The molecule has 24 heavy (non-hydrogen) atoms. The van der Waals surface area contributed by atoms with E-state index < -0.39 is 0 Å². The topological polar surface area (TPSA) is 58.2 Å². The van der Waals surface area contributed by atoms with Gasteiger partial charge in [0.25, 0.3) is 0 Å². The highest BCUT2D eigenvalue weighted by molar-refractivity contribution is 5.98. The number of amides is 1. The second kappa shape index (κ2) is 10.5. The van der Waals surface area contributed by atoms with Crippen LogP contribution in [-0.4, -0.2) is 30.8 Å². The van der Waals surface area contributed by atoms with Crippen molar-refractivity contribution in [2.24, 2.45) is 5.92 Å². The first-order valence-electron chi connectivity index (χ1n) is 8.67. The monoisotopic (exact) mass is 352 g/mol. The number of carbonyl (C=O) groups is 2. The molecule has 2 N–H and O–H groups in total. The van der Waals surface area contributed by atoms with E-state index >= 15 is 0 Å². The van der Waals surface area contributed by atoms with Crippen molar-refractivity contribution in [1.29, 1.82) is 0 Å². The molecule has 5 heteroatoms.